The second-order valence-electron chi connectivity index (χ2n) is 5.22. The minimum Gasteiger partial charge on any atom is -0.360 e. The lowest BCUT2D eigenvalue weighted by molar-refractivity contribution is 0.444. The van der Waals surface area contributed by atoms with Crippen LogP contribution in [0, 0.1) is 11.8 Å². The maximum atomic E-state index is 5.99. The molecule has 0 aromatic carbocycles. The SMILES string of the molecule is ClCC1CCCC1CNc1nc(C2CC2)ns1. The van der Waals surface area contributed by atoms with Crippen LogP contribution in [0.2, 0.25) is 0 Å². The molecular weight excluding hydrogens is 254 g/mol. The highest BCUT2D eigenvalue weighted by Gasteiger charge is 2.29. The normalized spacial score (nSPS) is 28.5. The maximum Gasteiger partial charge on any atom is 0.202 e. The Morgan fingerprint density at radius 2 is 2.06 bits per heavy atom. The lowest BCUT2D eigenvalue weighted by atomic mass is 9.98. The van der Waals surface area contributed by atoms with Gasteiger partial charge in [-0.25, -0.2) is 4.98 Å². The summed E-state index contributed by atoms with van der Waals surface area (Å²) in [4.78, 5) is 4.55. The summed E-state index contributed by atoms with van der Waals surface area (Å²) in [5.41, 5.74) is 0. The first kappa shape index (κ1) is 11.7. The number of hydrogen-bond donors (Lipinski definition) is 1. The van der Waals surface area contributed by atoms with Gasteiger partial charge >= 0.3 is 0 Å². The Morgan fingerprint density at radius 1 is 1.24 bits per heavy atom. The quantitative estimate of drug-likeness (QED) is 0.833. The van der Waals surface area contributed by atoms with Gasteiger partial charge in [-0.2, -0.15) is 4.37 Å². The predicted octanol–water partition coefficient (Wildman–Crippen LogP) is 3.48. The van der Waals surface area contributed by atoms with Crippen molar-refractivity contribution in [3.8, 4) is 0 Å². The second kappa shape index (κ2) is 5.11. The summed E-state index contributed by atoms with van der Waals surface area (Å²) in [5.74, 6) is 3.93. The molecule has 1 aromatic heterocycles. The Morgan fingerprint density at radius 3 is 2.82 bits per heavy atom. The van der Waals surface area contributed by atoms with Gasteiger partial charge in [0.25, 0.3) is 0 Å². The number of nitrogens with one attached hydrogen (secondary N) is 1. The Kier molecular flexibility index (Phi) is 3.52. The van der Waals surface area contributed by atoms with Crippen molar-refractivity contribution in [2.24, 2.45) is 11.8 Å². The molecule has 5 heteroatoms. The highest BCUT2D eigenvalue weighted by Crippen LogP contribution is 2.39. The van der Waals surface area contributed by atoms with Gasteiger partial charge in [-0.05, 0) is 37.5 Å². The molecular formula is C12H18ClN3S. The Labute approximate surface area is 111 Å². The molecule has 1 heterocycles. The van der Waals surface area contributed by atoms with E-state index >= 15 is 0 Å². The highest BCUT2D eigenvalue weighted by atomic mass is 35.5. The fourth-order valence-electron chi connectivity index (χ4n) is 2.62. The number of rotatable bonds is 5. The standard InChI is InChI=1S/C12H18ClN3S/c13-6-9-2-1-3-10(9)7-14-12-15-11(16-17-12)8-4-5-8/h8-10H,1-7H2,(H,14,15,16). The zero-order chi connectivity index (χ0) is 11.7. The molecule has 3 rings (SSSR count). The molecule has 2 fully saturated rings. The summed E-state index contributed by atoms with van der Waals surface area (Å²) in [6.07, 6.45) is 6.46. The lowest BCUT2D eigenvalue weighted by Crippen LogP contribution is -2.19. The van der Waals surface area contributed by atoms with Crippen molar-refractivity contribution in [3.05, 3.63) is 5.82 Å². The molecule has 2 aliphatic rings. The summed E-state index contributed by atoms with van der Waals surface area (Å²) in [6.45, 7) is 1.01. The van der Waals surface area contributed by atoms with Crippen molar-refractivity contribution in [2.75, 3.05) is 17.7 Å². The van der Waals surface area contributed by atoms with Gasteiger partial charge < -0.3 is 5.32 Å². The molecule has 3 nitrogen and oxygen atoms in total. The molecule has 0 aliphatic heterocycles. The van der Waals surface area contributed by atoms with Crippen LogP contribution < -0.4 is 5.32 Å². The van der Waals surface area contributed by atoms with E-state index in [9.17, 15) is 0 Å². The van der Waals surface area contributed by atoms with Crippen LogP contribution in [-0.2, 0) is 0 Å². The smallest absolute Gasteiger partial charge is 0.202 e. The van der Waals surface area contributed by atoms with Crippen LogP contribution in [0.15, 0.2) is 0 Å². The van der Waals surface area contributed by atoms with E-state index in [4.69, 9.17) is 11.6 Å². The van der Waals surface area contributed by atoms with Crippen molar-refractivity contribution in [1.29, 1.82) is 0 Å². The van der Waals surface area contributed by atoms with E-state index in [1.807, 2.05) is 0 Å². The van der Waals surface area contributed by atoms with Gasteiger partial charge in [0.05, 0.1) is 0 Å². The number of alkyl halides is 1. The fraction of sp³-hybridized carbons (Fsp3) is 0.833. The van der Waals surface area contributed by atoms with E-state index in [2.05, 4.69) is 14.7 Å². The number of hydrogen-bond acceptors (Lipinski definition) is 4. The van der Waals surface area contributed by atoms with Crippen molar-refractivity contribution in [2.45, 2.75) is 38.0 Å². The van der Waals surface area contributed by atoms with Crippen LogP contribution >= 0.6 is 23.1 Å². The van der Waals surface area contributed by atoms with Gasteiger partial charge in [0, 0.05) is 29.9 Å². The van der Waals surface area contributed by atoms with Crippen LogP contribution in [0.1, 0.15) is 43.8 Å². The molecule has 2 aliphatic carbocycles. The Bertz CT molecular complexity index is 378. The van der Waals surface area contributed by atoms with E-state index < -0.39 is 0 Å². The summed E-state index contributed by atoms with van der Waals surface area (Å²) < 4.78 is 4.40. The van der Waals surface area contributed by atoms with Gasteiger partial charge in [-0.3, -0.25) is 0 Å². The van der Waals surface area contributed by atoms with E-state index in [0.29, 0.717) is 11.8 Å². The molecule has 2 atom stereocenters. The van der Waals surface area contributed by atoms with E-state index in [1.165, 1.54) is 43.6 Å². The van der Waals surface area contributed by atoms with Gasteiger partial charge in [-0.15, -0.1) is 11.6 Å². The molecule has 0 saturated heterocycles. The highest BCUT2D eigenvalue weighted by molar-refractivity contribution is 7.09. The molecule has 1 aromatic rings. The molecule has 2 unspecified atom stereocenters. The van der Waals surface area contributed by atoms with E-state index in [0.717, 1.165) is 29.3 Å². The summed E-state index contributed by atoms with van der Waals surface area (Å²) in [5, 5.41) is 4.43. The Hall–Kier alpha value is -0.350. The number of anilines is 1. The molecule has 2 saturated carbocycles. The topological polar surface area (TPSA) is 37.8 Å². The van der Waals surface area contributed by atoms with Crippen LogP contribution in [0.4, 0.5) is 5.13 Å². The first-order valence-electron chi connectivity index (χ1n) is 6.50. The van der Waals surface area contributed by atoms with E-state index in [-0.39, 0.29) is 0 Å². The van der Waals surface area contributed by atoms with E-state index in [1.54, 1.807) is 0 Å². The third kappa shape index (κ3) is 2.74. The largest absolute Gasteiger partial charge is 0.360 e. The lowest BCUT2D eigenvalue weighted by Gasteiger charge is -2.16. The number of nitrogens with zero attached hydrogens (tertiary/aromatic N) is 2. The predicted molar refractivity (Wildman–Crippen MR) is 71.9 cm³/mol. The summed E-state index contributed by atoms with van der Waals surface area (Å²) in [6, 6.07) is 0. The second-order valence-corrected chi connectivity index (χ2v) is 6.28. The maximum absolute atomic E-state index is 5.99. The zero-order valence-electron chi connectivity index (χ0n) is 9.86. The Balaban J connectivity index is 1.52. The molecule has 0 spiro atoms. The van der Waals surface area contributed by atoms with Crippen LogP contribution in [0.3, 0.4) is 0 Å². The van der Waals surface area contributed by atoms with Crippen molar-refractivity contribution in [1.82, 2.24) is 9.36 Å². The third-order valence-corrected chi connectivity index (χ3v) is 5.00. The average molecular weight is 272 g/mol. The summed E-state index contributed by atoms with van der Waals surface area (Å²) in [7, 11) is 0. The number of aromatic nitrogens is 2. The molecule has 0 radical (unpaired) electrons. The fourth-order valence-corrected chi connectivity index (χ4v) is 3.68. The average Bonchev–Trinajstić information content (AvgIpc) is 2.93. The number of halogens is 1. The minimum absolute atomic E-state index is 0.656. The first-order chi connectivity index (χ1) is 8.36. The van der Waals surface area contributed by atoms with Crippen LogP contribution in [0.25, 0.3) is 0 Å². The van der Waals surface area contributed by atoms with Crippen LogP contribution in [0.5, 0.6) is 0 Å². The molecule has 94 valence electrons. The zero-order valence-corrected chi connectivity index (χ0v) is 11.4. The monoisotopic (exact) mass is 271 g/mol. The van der Waals surface area contributed by atoms with Crippen molar-refractivity contribution in [3.63, 3.8) is 0 Å². The van der Waals surface area contributed by atoms with Crippen molar-refractivity contribution < 1.29 is 0 Å². The first-order valence-corrected chi connectivity index (χ1v) is 7.81. The van der Waals surface area contributed by atoms with Gasteiger partial charge in [0.2, 0.25) is 5.13 Å². The minimum atomic E-state index is 0.656. The van der Waals surface area contributed by atoms with Gasteiger partial charge in [-0.1, -0.05) is 6.42 Å². The summed E-state index contributed by atoms with van der Waals surface area (Å²) >= 11 is 7.49. The molecule has 0 bridgehead atoms. The third-order valence-electron chi connectivity index (χ3n) is 3.91. The van der Waals surface area contributed by atoms with Gasteiger partial charge in [0.15, 0.2) is 0 Å². The molecule has 1 N–H and O–H groups in total. The molecule has 17 heavy (non-hydrogen) atoms. The van der Waals surface area contributed by atoms with Crippen molar-refractivity contribution >= 4 is 28.3 Å². The van der Waals surface area contributed by atoms with Gasteiger partial charge in [0.1, 0.15) is 5.82 Å². The van der Waals surface area contributed by atoms with Crippen LogP contribution in [-0.4, -0.2) is 21.8 Å². The molecule has 0 amide bonds.